The molecule has 0 heterocycles. The largest absolute Gasteiger partial charge is 0.508 e. The second-order valence-corrected chi connectivity index (χ2v) is 7.67. The summed E-state index contributed by atoms with van der Waals surface area (Å²) in [5, 5.41) is 30.6. The van der Waals surface area contributed by atoms with Gasteiger partial charge in [0.25, 0.3) is 5.91 Å². The second-order valence-electron chi connectivity index (χ2n) is 7.67. The van der Waals surface area contributed by atoms with Crippen LogP contribution in [0.25, 0.3) is 6.08 Å². The van der Waals surface area contributed by atoms with Crippen molar-refractivity contribution in [3.05, 3.63) is 101 Å². The van der Waals surface area contributed by atoms with E-state index in [1.165, 1.54) is 49.6 Å². The molecule has 3 N–H and O–H groups in total. The van der Waals surface area contributed by atoms with E-state index in [0.717, 1.165) is 11.1 Å². The Morgan fingerprint density at radius 3 is 2.39 bits per heavy atom. The van der Waals surface area contributed by atoms with E-state index in [0.29, 0.717) is 29.2 Å². The average molecular weight is 485 g/mol. The molecule has 0 aliphatic heterocycles. The molecule has 3 rings (SSSR count). The smallest absolute Gasteiger partial charge is 0.335 e. The summed E-state index contributed by atoms with van der Waals surface area (Å²) in [5.41, 5.74) is 2.55. The van der Waals surface area contributed by atoms with Gasteiger partial charge in [-0.05, 0) is 72.2 Å². The average Bonchev–Trinajstić information content (AvgIpc) is 2.88. The van der Waals surface area contributed by atoms with Crippen LogP contribution in [0.15, 0.2) is 78.9 Å². The van der Waals surface area contributed by atoms with Gasteiger partial charge in [-0.3, -0.25) is 4.79 Å². The van der Waals surface area contributed by atoms with Crippen molar-refractivity contribution in [3.63, 3.8) is 0 Å². The summed E-state index contributed by atoms with van der Waals surface area (Å²) in [5.74, 6) is -0.666. The second kappa shape index (κ2) is 11.9. The molecule has 36 heavy (non-hydrogen) atoms. The lowest BCUT2D eigenvalue weighted by molar-refractivity contribution is -0.112. The third-order valence-corrected chi connectivity index (χ3v) is 5.12. The van der Waals surface area contributed by atoms with E-state index in [4.69, 9.17) is 14.6 Å². The number of carboxylic acid groups (broad SMARTS) is 1. The van der Waals surface area contributed by atoms with Crippen LogP contribution in [0.3, 0.4) is 0 Å². The zero-order chi connectivity index (χ0) is 26.1. The Kier molecular flexibility index (Phi) is 8.46. The van der Waals surface area contributed by atoms with Crippen LogP contribution in [0.2, 0.25) is 0 Å². The zero-order valence-corrected chi connectivity index (χ0v) is 19.5. The van der Waals surface area contributed by atoms with Crippen LogP contribution in [0.5, 0.6) is 17.2 Å². The number of nitriles is 1. The molecule has 0 aliphatic carbocycles. The molecule has 0 saturated carbocycles. The van der Waals surface area contributed by atoms with E-state index in [2.05, 4.69) is 11.9 Å². The monoisotopic (exact) mass is 484 g/mol. The van der Waals surface area contributed by atoms with Crippen LogP contribution in [-0.4, -0.2) is 29.2 Å². The van der Waals surface area contributed by atoms with Gasteiger partial charge in [0.1, 0.15) is 24.0 Å². The molecule has 0 atom stereocenters. The van der Waals surface area contributed by atoms with E-state index >= 15 is 0 Å². The van der Waals surface area contributed by atoms with Crippen LogP contribution in [0.1, 0.15) is 27.0 Å². The van der Waals surface area contributed by atoms with Gasteiger partial charge in [-0.1, -0.05) is 18.2 Å². The molecule has 0 aliphatic rings. The number of phenolic OH excluding ortho intramolecular Hbond substituents is 1. The minimum atomic E-state index is -1.01. The summed E-state index contributed by atoms with van der Waals surface area (Å²) >= 11 is 0. The van der Waals surface area contributed by atoms with Crippen molar-refractivity contribution in [2.45, 2.75) is 13.0 Å². The summed E-state index contributed by atoms with van der Waals surface area (Å²) in [6.07, 6.45) is 3.58. The van der Waals surface area contributed by atoms with Crippen LogP contribution in [-0.2, 0) is 17.8 Å². The molecule has 8 nitrogen and oxygen atoms in total. The first-order valence-corrected chi connectivity index (χ1v) is 10.8. The number of aromatic hydroxyl groups is 1. The summed E-state index contributed by atoms with van der Waals surface area (Å²) in [4.78, 5) is 23.7. The lowest BCUT2D eigenvalue weighted by Gasteiger charge is -2.16. The van der Waals surface area contributed by atoms with Gasteiger partial charge in [-0.15, -0.1) is 6.58 Å². The number of allylic oxidation sites excluding steroid dienone is 1. The molecule has 0 radical (unpaired) electrons. The molecule has 0 aromatic heterocycles. The topological polar surface area (TPSA) is 129 Å². The Bertz CT molecular complexity index is 1340. The standard InChI is InChI=1S/C28H24N2O6/c1-3-4-21-13-19(14-22(16-29)27(32)30-23-9-11-24(31)12-10-23)15-25(35-2)26(21)36-17-18-5-7-20(8-6-18)28(33)34/h3,5-15,31H,1,4,17H2,2H3,(H,30,32)(H,33,34)/b22-14+. The third-order valence-electron chi connectivity index (χ3n) is 5.12. The van der Waals surface area contributed by atoms with Crippen LogP contribution < -0.4 is 14.8 Å². The number of rotatable bonds is 10. The zero-order valence-electron chi connectivity index (χ0n) is 19.5. The molecule has 8 heteroatoms. The SMILES string of the molecule is C=CCc1cc(/C=C(\C#N)C(=O)Nc2ccc(O)cc2)cc(OC)c1OCc1ccc(C(=O)O)cc1. The van der Waals surface area contributed by atoms with Crippen molar-refractivity contribution in [2.24, 2.45) is 0 Å². The maximum Gasteiger partial charge on any atom is 0.335 e. The molecular weight excluding hydrogens is 460 g/mol. The predicted molar refractivity (Wildman–Crippen MR) is 135 cm³/mol. The number of aromatic carboxylic acids is 1. The molecule has 0 fully saturated rings. The molecule has 0 unspecified atom stereocenters. The first-order chi connectivity index (χ1) is 17.3. The summed E-state index contributed by atoms with van der Waals surface area (Å²) in [6.45, 7) is 3.96. The number of nitrogens with zero attached hydrogens (tertiary/aromatic N) is 1. The third kappa shape index (κ3) is 6.52. The Morgan fingerprint density at radius 2 is 1.81 bits per heavy atom. The van der Waals surface area contributed by atoms with Gasteiger partial charge in [0.05, 0.1) is 12.7 Å². The number of hydrogen-bond acceptors (Lipinski definition) is 6. The number of ether oxygens (including phenoxy) is 2. The lowest BCUT2D eigenvalue weighted by Crippen LogP contribution is -2.13. The maximum absolute atomic E-state index is 12.6. The van der Waals surface area contributed by atoms with Crippen molar-refractivity contribution in [3.8, 4) is 23.3 Å². The Morgan fingerprint density at radius 1 is 1.11 bits per heavy atom. The highest BCUT2D eigenvalue weighted by Crippen LogP contribution is 2.35. The quantitative estimate of drug-likeness (QED) is 0.161. The number of carbonyl (C=O) groups excluding carboxylic acids is 1. The minimum Gasteiger partial charge on any atom is -0.508 e. The number of carbonyl (C=O) groups is 2. The highest BCUT2D eigenvalue weighted by atomic mass is 16.5. The first-order valence-electron chi connectivity index (χ1n) is 10.8. The first kappa shape index (κ1) is 25.6. The van der Waals surface area contributed by atoms with Crippen molar-refractivity contribution >= 4 is 23.6 Å². The Labute approximate surface area is 208 Å². The minimum absolute atomic E-state index is 0.0606. The number of carboxylic acids is 1. The fourth-order valence-corrected chi connectivity index (χ4v) is 3.35. The fraction of sp³-hybridized carbons (Fsp3) is 0.107. The molecule has 3 aromatic rings. The summed E-state index contributed by atoms with van der Waals surface area (Å²) < 4.78 is 11.5. The van der Waals surface area contributed by atoms with Crippen LogP contribution in [0, 0.1) is 11.3 Å². The number of anilines is 1. The number of phenols is 1. The number of amides is 1. The fourth-order valence-electron chi connectivity index (χ4n) is 3.35. The van der Waals surface area contributed by atoms with Crippen molar-refractivity contribution in [1.82, 2.24) is 0 Å². The highest BCUT2D eigenvalue weighted by Gasteiger charge is 2.15. The molecule has 182 valence electrons. The summed E-state index contributed by atoms with van der Waals surface area (Å²) in [6, 6.07) is 17.6. The van der Waals surface area contributed by atoms with Gasteiger partial charge >= 0.3 is 5.97 Å². The number of methoxy groups -OCH3 is 1. The molecule has 0 bridgehead atoms. The lowest BCUT2D eigenvalue weighted by atomic mass is 10.0. The van der Waals surface area contributed by atoms with Crippen molar-refractivity contribution in [2.75, 3.05) is 12.4 Å². The molecule has 0 saturated heterocycles. The van der Waals surface area contributed by atoms with Gasteiger partial charge in [0.2, 0.25) is 0 Å². The maximum atomic E-state index is 12.6. The van der Waals surface area contributed by atoms with Crippen LogP contribution in [0.4, 0.5) is 5.69 Å². The van der Waals surface area contributed by atoms with Crippen molar-refractivity contribution in [1.29, 1.82) is 5.26 Å². The van der Waals surface area contributed by atoms with Crippen LogP contribution >= 0.6 is 0 Å². The van der Waals surface area contributed by atoms with Gasteiger partial charge < -0.3 is 25.0 Å². The number of hydrogen-bond donors (Lipinski definition) is 3. The normalized spacial score (nSPS) is 10.7. The molecule has 0 spiro atoms. The van der Waals surface area contributed by atoms with Gasteiger partial charge in [0.15, 0.2) is 11.5 Å². The Hall–Kier alpha value is -5.03. The molecule has 3 aromatic carbocycles. The van der Waals surface area contributed by atoms with E-state index in [-0.39, 0.29) is 23.5 Å². The molecular formula is C28H24N2O6. The number of benzene rings is 3. The summed E-state index contributed by atoms with van der Waals surface area (Å²) in [7, 11) is 1.48. The Balaban J connectivity index is 1.87. The van der Waals surface area contributed by atoms with E-state index in [1.807, 2.05) is 6.07 Å². The van der Waals surface area contributed by atoms with Gasteiger partial charge in [0, 0.05) is 11.3 Å². The highest BCUT2D eigenvalue weighted by molar-refractivity contribution is 6.09. The van der Waals surface area contributed by atoms with Crippen molar-refractivity contribution < 1.29 is 29.3 Å². The van der Waals surface area contributed by atoms with Gasteiger partial charge in [-0.2, -0.15) is 5.26 Å². The van der Waals surface area contributed by atoms with Gasteiger partial charge in [-0.25, -0.2) is 4.79 Å². The van der Waals surface area contributed by atoms with E-state index in [1.54, 1.807) is 30.3 Å². The number of nitrogens with one attached hydrogen (secondary N) is 1. The predicted octanol–water partition coefficient (Wildman–Crippen LogP) is 4.95. The molecule has 1 amide bonds. The van der Waals surface area contributed by atoms with E-state index < -0.39 is 11.9 Å². The van der Waals surface area contributed by atoms with E-state index in [9.17, 15) is 20.0 Å².